The maximum atomic E-state index is 12.2. The summed E-state index contributed by atoms with van der Waals surface area (Å²) in [7, 11) is 0. The normalized spacial score (nSPS) is 10.8. The Morgan fingerprint density at radius 1 is 1.50 bits per heavy atom. The zero-order valence-electron chi connectivity index (χ0n) is 11.7. The number of hydrogen-bond donors (Lipinski definition) is 0. The topological polar surface area (TPSA) is 51.0 Å². The van der Waals surface area contributed by atoms with Crippen molar-refractivity contribution in [3.63, 3.8) is 0 Å². The molecule has 0 aliphatic rings. The number of nitrogens with zero attached hydrogens (tertiary/aromatic N) is 4. The van der Waals surface area contributed by atoms with Crippen LogP contribution in [0.15, 0.2) is 35.3 Å². The Hall–Kier alpha value is -1.69. The van der Waals surface area contributed by atoms with Gasteiger partial charge in [0.2, 0.25) is 5.91 Å². The standard InChI is InChI=1S/C14H17BrN4O/c1-4-18(14(20)10(2)3)12-9-19(17-13(12)15)11-6-5-7-16-8-11/h5-10H,4H2,1-3H3. The van der Waals surface area contributed by atoms with Crippen molar-refractivity contribution in [1.29, 1.82) is 0 Å². The highest BCUT2D eigenvalue weighted by molar-refractivity contribution is 9.10. The molecule has 0 aliphatic heterocycles. The molecule has 2 rings (SSSR count). The molecule has 0 saturated heterocycles. The average Bonchev–Trinajstić information content (AvgIpc) is 2.83. The SMILES string of the molecule is CCN(C(=O)C(C)C)c1cn(-c2cccnc2)nc1Br. The molecule has 0 spiro atoms. The molecular weight excluding hydrogens is 320 g/mol. The number of hydrogen-bond acceptors (Lipinski definition) is 3. The molecule has 20 heavy (non-hydrogen) atoms. The Bertz CT molecular complexity index is 594. The molecule has 0 atom stereocenters. The van der Waals surface area contributed by atoms with Crippen molar-refractivity contribution < 1.29 is 4.79 Å². The zero-order valence-corrected chi connectivity index (χ0v) is 13.3. The van der Waals surface area contributed by atoms with Crippen LogP contribution in [0.2, 0.25) is 0 Å². The Labute approximate surface area is 126 Å². The fourth-order valence-corrected chi connectivity index (χ4v) is 2.39. The van der Waals surface area contributed by atoms with E-state index in [1.165, 1.54) is 0 Å². The fraction of sp³-hybridized carbons (Fsp3) is 0.357. The Kier molecular flexibility index (Phi) is 4.54. The van der Waals surface area contributed by atoms with Crippen molar-refractivity contribution in [2.75, 3.05) is 11.4 Å². The van der Waals surface area contributed by atoms with Gasteiger partial charge in [-0.05, 0) is 35.0 Å². The van der Waals surface area contributed by atoms with Gasteiger partial charge in [-0.1, -0.05) is 13.8 Å². The molecule has 0 radical (unpaired) electrons. The van der Waals surface area contributed by atoms with Crippen LogP contribution in [-0.2, 0) is 4.79 Å². The minimum atomic E-state index is -0.0522. The first-order chi connectivity index (χ1) is 9.54. The molecule has 0 bridgehead atoms. The predicted molar refractivity (Wildman–Crippen MR) is 81.9 cm³/mol. The van der Waals surface area contributed by atoms with Gasteiger partial charge in [-0.25, -0.2) is 4.68 Å². The quantitative estimate of drug-likeness (QED) is 0.862. The number of anilines is 1. The summed E-state index contributed by atoms with van der Waals surface area (Å²) in [4.78, 5) is 18.0. The van der Waals surface area contributed by atoms with E-state index in [-0.39, 0.29) is 11.8 Å². The molecular formula is C14H17BrN4O. The molecule has 2 heterocycles. The van der Waals surface area contributed by atoms with Crippen molar-refractivity contribution in [3.8, 4) is 5.69 Å². The molecule has 0 saturated carbocycles. The highest BCUT2D eigenvalue weighted by atomic mass is 79.9. The van der Waals surface area contributed by atoms with Gasteiger partial charge in [0.25, 0.3) is 0 Å². The van der Waals surface area contributed by atoms with E-state index in [2.05, 4.69) is 26.0 Å². The van der Waals surface area contributed by atoms with Crippen LogP contribution in [0, 0.1) is 5.92 Å². The lowest BCUT2D eigenvalue weighted by atomic mass is 10.2. The lowest BCUT2D eigenvalue weighted by molar-refractivity contribution is -0.121. The van der Waals surface area contributed by atoms with Crippen LogP contribution in [0.4, 0.5) is 5.69 Å². The number of carbonyl (C=O) groups is 1. The molecule has 2 aromatic rings. The second-order valence-electron chi connectivity index (χ2n) is 4.70. The van der Waals surface area contributed by atoms with E-state index in [9.17, 15) is 4.79 Å². The second-order valence-corrected chi connectivity index (χ2v) is 5.45. The molecule has 0 unspecified atom stereocenters. The maximum Gasteiger partial charge on any atom is 0.229 e. The van der Waals surface area contributed by atoms with Gasteiger partial charge in [0.1, 0.15) is 0 Å². The summed E-state index contributed by atoms with van der Waals surface area (Å²) in [6.45, 7) is 6.34. The first-order valence-electron chi connectivity index (χ1n) is 6.51. The molecule has 0 aromatic carbocycles. The van der Waals surface area contributed by atoms with Gasteiger partial charge in [-0.3, -0.25) is 9.78 Å². The van der Waals surface area contributed by atoms with E-state index < -0.39 is 0 Å². The van der Waals surface area contributed by atoms with Gasteiger partial charge in [-0.2, -0.15) is 5.10 Å². The van der Waals surface area contributed by atoms with Gasteiger partial charge in [0.15, 0.2) is 4.60 Å². The molecule has 2 aromatic heterocycles. The number of halogens is 1. The monoisotopic (exact) mass is 336 g/mol. The van der Waals surface area contributed by atoms with E-state index in [0.29, 0.717) is 11.1 Å². The number of aromatic nitrogens is 3. The molecule has 0 N–H and O–H groups in total. The van der Waals surface area contributed by atoms with E-state index in [1.807, 2.05) is 39.1 Å². The highest BCUT2D eigenvalue weighted by Crippen LogP contribution is 2.27. The van der Waals surface area contributed by atoms with Gasteiger partial charge in [0.05, 0.1) is 23.8 Å². The number of amides is 1. The molecule has 6 heteroatoms. The fourth-order valence-electron chi connectivity index (χ4n) is 1.90. The lowest BCUT2D eigenvalue weighted by Crippen LogP contribution is -2.34. The molecule has 5 nitrogen and oxygen atoms in total. The summed E-state index contributed by atoms with van der Waals surface area (Å²) in [5.41, 5.74) is 1.63. The van der Waals surface area contributed by atoms with Crippen molar-refractivity contribution in [1.82, 2.24) is 14.8 Å². The second kappa shape index (κ2) is 6.17. The van der Waals surface area contributed by atoms with E-state index >= 15 is 0 Å². The zero-order chi connectivity index (χ0) is 14.7. The minimum absolute atomic E-state index is 0.0522. The van der Waals surface area contributed by atoms with Crippen LogP contribution in [0.5, 0.6) is 0 Å². The summed E-state index contributed by atoms with van der Waals surface area (Å²) < 4.78 is 2.36. The number of pyridine rings is 1. The average molecular weight is 337 g/mol. The molecule has 0 aliphatic carbocycles. The van der Waals surface area contributed by atoms with Gasteiger partial charge < -0.3 is 4.90 Å². The molecule has 106 valence electrons. The first kappa shape index (κ1) is 14.7. The Morgan fingerprint density at radius 2 is 2.25 bits per heavy atom. The predicted octanol–water partition coefficient (Wildman–Crippen LogP) is 3.04. The number of carbonyl (C=O) groups excluding carboxylic acids is 1. The largest absolute Gasteiger partial charge is 0.309 e. The smallest absolute Gasteiger partial charge is 0.229 e. The van der Waals surface area contributed by atoms with Crippen molar-refractivity contribution in [2.45, 2.75) is 20.8 Å². The number of rotatable bonds is 4. The van der Waals surface area contributed by atoms with E-state index in [4.69, 9.17) is 0 Å². The summed E-state index contributed by atoms with van der Waals surface area (Å²) in [6, 6.07) is 3.76. The molecule has 0 fully saturated rings. The highest BCUT2D eigenvalue weighted by Gasteiger charge is 2.21. The summed E-state index contributed by atoms with van der Waals surface area (Å²) in [6.07, 6.45) is 5.28. The third-order valence-electron chi connectivity index (χ3n) is 2.93. The third-order valence-corrected chi connectivity index (χ3v) is 3.49. The lowest BCUT2D eigenvalue weighted by Gasteiger charge is -2.21. The van der Waals surface area contributed by atoms with Gasteiger partial charge in [0, 0.05) is 18.7 Å². The van der Waals surface area contributed by atoms with Crippen LogP contribution >= 0.6 is 15.9 Å². The minimum Gasteiger partial charge on any atom is -0.309 e. The van der Waals surface area contributed by atoms with Crippen LogP contribution in [-0.4, -0.2) is 27.2 Å². The van der Waals surface area contributed by atoms with Crippen LogP contribution < -0.4 is 4.90 Å². The third kappa shape index (κ3) is 2.90. The van der Waals surface area contributed by atoms with E-state index in [0.717, 1.165) is 11.4 Å². The van der Waals surface area contributed by atoms with E-state index in [1.54, 1.807) is 22.0 Å². The van der Waals surface area contributed by atoms with Gasteiger partial charge >= 0.3 is 0 Å². The van der Waals surface area contributed by atoms with Gasteiger partial charge in [-0.15, -0.1) is 0 Å². The first-order valence-corrected chi connectivity index (χ1v) is 7.30. The Morgan fingerprint density at radius 3 is 2.80 bits per heavy atom. The van der Waals surface area contributed by atoms with Crippen LogP contribution in [0.3, 0.4) is 0 Å². The van der Waals surface area contributed by atoms with Crippen molar-refractivity contribution in [2.24, 2.45) is 5.92 Å². The summed E-state index contributed by atoms with van der Waals surface area (Å²) in [5.74, 6) is 0.0301. The maximum absolute atomic E-state index is 12.2. The summed E-state index contributed by atoms with van der Waals surface area (Å²) >= 11 is 3.43. The van der Waals surface area contributed by atoms with Crippen molar-refractivity contribution >= 4 is 27.5 Å². The van der Waals surface area contributed by atoms with Crippen LogP contribution in [0.25, 0.3) is 5.69 Å². The van der Waals surface area contributed by atoms with Crippen LogP contribution in [0.1, 0.15) is 20.8 Å². The summed E-state index contributed by atoms with van der Waals surface area (Å²) in [5, 5.41) is 4.39. The van der Waals surface area contributed by atoms with Crippen molar-refractivity contribution in [3.05, 3.63) is 35.3 Å². The Balaban J connectivity index is 2.38. The molecule has 1 amide bonds.